The summed E-state index contributed by atoms with van der Waals surface area (Å²) in [4.78, 5) is 12.1. The number of amides is 1. The van der Waals surface area contributed by atoms with Gasteiger partial charge in [-0.1, -0.05) is 18.2 Å². The van der Waals surface area contributed by atoms with Crippen LogP contribution in [0.15, 0.2) is 30.5 Å². The number of alkyl halides is 3. The molecule has 1 amide bonds. The van der Waals surface area contributed by atoms with Gasteiger partial charge >= 0.3 is 6.18 Å². The summed E-state index contributed by atoms with van der Waals surface area (Å²) in [7, 11) is 0. The summed E-state index contributed by atoms with van der Waals surface area (Å²) in [5.74, 6) is -0.852. The molecule has 0 radical (unpaired) electrons. The molecule has 1 atom stereocenters. The van der Waals surface area contributed by atoms with Crippen LogP contribution in [0.25, 0.3) is 5.69 Å². The van der Waals surface area contributed by atoms with Crippen LogP contribution < -0.4 is 11.1 Å². The van der Waals surface area contributed by atoms with Crippen LogP contribution >= 0.6 is 12.4 Å². The molecule has 24 heavy (non-hydrogen) atoms. The third kappa shape index (κ3) is 4.07. The fraction of sp³-hybridized carbons (Fsp3) is 0.333. The van der Waals surface area contributed by atoms with Crippen LogP contribution in [-0.4, -0.2) is 28.3 Å². The second-order valence-corrected chi connectivity index (χ2v) is 5.21. The lowest BCUT2D eigenvalue weighted by Crippen LogP contribution is -2.38. The van der Waals surface area contributed by atoms with Crippen LogP contribution in [-0.2, 0) is 6.18 Å². The average Bonchev–Trinajstić information content (AvgIpc) is 2.92. The van der Waals surface area contributed by atoms with E-state index in [1.54, 1.807) is 32.0 Å². The summed E-state index contributed by atoms with van der Waals surface area (Å²) in [5, 5.41) is 6.19. The van der Waals surface area contributed by atoms with Crippen LogP contribution in [0.5, 0.6) is 0 Å². The molecular weight excluding hydrogens is 345 g/mol. The number of carbonyl (C=O) groups excluding carboxylic acids is 1. The topological polar surface area (TPSA) is 72.9 Å². The number of nitrogens with one attached hydrogen (secondary N) is 1. The van der Waals surface area contributed by atoms with E-state index in [1.807, 2.05) is 0 Å². The Kier molecular flexibility index (Phi) is 6.39. The number of para-hydroxylation sites is 1. The van der Waals surface area contributed by atoms with E-state index in [2.05, 4.69) is 10.4 Å². The van der Waals surface area contributed by atoms with Gasteiger partial charge in [-0.25, -0.2) is 4.68 Å². The summed E-state index contributed by atoms with van der Waals surface area (Å²) in [6, 6.07) is 6.08. The molecule has 0 saturated carbocycles. The van der Waals surface area contributed by atoms with E-state index in [1.165, 1.54) is 6.07 Å². The zero-order chi connectivity index (χ0) is 17.2. The van der Waals surface area contributed by atoms with Crippen molar-refractivity contribution in [3.8, 4) is 5.69 Å². The number of benzene rings is 1. The first-order valence-corrected chi connectivity index (χ1v) is 6.98. The van der Waals surface area contributed by atoms with Gasteiger partial charge in [0.2, 0.25) is 0 Å². The molecule has 3 N–H and O–H groups in total. The normalized spacial score (nSPS) is 12.4. The number of aromatic nitrogens is 2. The fourth-order valence-corrected chi connectivity index (χ4v) is 2.13. The average molecular weight is 363 g/mol. The van der Waals surface area contributed by atoms with Gasteiger partial charge in [-0.2, -0.15) is 18.3 Å². The first kappa shape index (κ1) is 20.0. The number of halogens is 4. The minimum Gasteiger partial charge on any atom is -0.348 e. The molecule has 1 heterocycles. The quantitative estimate of drug-likeness (QED) is 0.878. The Hall–Kier alpha value is -2.06. The summed E-state index contributed by atoms with van der Waals surface area (Å²) >= 11 is 0. The highest BCUT2D eigenvalue weighted by atomic mass is 35.5. The number of hydrogen-bond donors (Lipinski definition) is 2. The number of nitrogens with two attached hydrogens (primary N) is 1. The SMILES string of the molecule is Cc1ccccc1-n1ncc(C(=O)N[C@@H](C)CN)c1C(F)(F)F.Cl. The van der Waals surface area contributed by atoms with E-state index < -0.39 is 29.4 Å². The van der Waals surface area contributed by atoms with Gasteiger partial charge in [0, 0.05) is 12.6 Å². The third-order valence-electron chi connectivity index (χ3n) is 3.36. The van der Waals surface area contributed by atoms with Crippen molar-refractivity contribution in [2.45, 2.75) is 26.1 Å². The number of rotatable bonds is 4. The van der Waals surface area contributed by atoms with Crippen molar-refractivity contribution in [1.29, 1.82) is 0 Å². The second kappa shape index (κ2) is 7.67. The van der Waals surface area contributed by atoms with Crippen LogP contribution in [0, 0.1) is 6.92 Å². The summed E-state index contributed by atoms with van der Waals surface area (Å²) < 4.78 is 41.2. The van der Waals surface area contributed by atoms with E-state index >= 15 is 0 Å². The Balaban J connectivity index is 0.00000288. The molecule has 0 fully saturated rings. The maximum Gasteiger partial charge on any atom is 0.434 e. The minimum atomic E-state index is -4.72. The Morgan fingerprint density at radius 1 is 1.38 bits per heavy atom. The van der Waals surface area contributed by atoms with Gasteiger partial charge < -0.3 is 11.1 Å². The molecule has 0 bridgehead atoms. The minimum absolute atomic E-state index is 0. The predicted molar refractivity (Wildman–Crippen MR) is 86.5 cm³/mol. The maximum atomic E-state index is 13.5. The lowest BCUT2D eigenvalue weighted by molar-refractivity contribution is -0.143. The molecule has 2 rings (SSSR count). The highest BCUT2D eigenvalue weighted by Gasteiger charge is 2.40. The van der Waals surface area contributed by atoms with Crippen molar-refractivity contribution < 1.29 is 18.0 Å². The van der Waals surface area contributed by atoms with Crippen molar-refractivity contribution in [3.63, 3.8) is 0 Å². The predicted octanol–water partition coefficient (Wildman–Crippen LogP) is 2.70. The Morgan fingerprint density at radius 2 is 2.00 bits per heavy atom. The fourth-order valence-electron chi connectivity index (χ4n) is 2.13. The standard InChI is InChI=1S/C15H17F3N4O.ClH/c1-9-5-3-4-6-12(9)22-13(15(16,17)18)11(8-20-22)14(23)21-10(2)7-19;/h3-6,8,10H,7,19H2,1-2H3,(H,21,23);1H/t10-;/m0./s1. The van der Waals surface area contributed by atoms with Crippen LogP contribution in [0.4, 0.5) is 13.2 Å². The van der Waals surface area contributed by atoms with Gasteiger partial charge in [0.25, 0.3) is 5.91 Å². The summed E-state index contributed by atoms with van der Waals surface area (Å²) in [6.07, 6.45) is -3.80. The van der Waals surface area contributed by atoms with E-state index in [4.69, 9.17) is 5.73 Å². The number of carbonyl (C=O) groups is 1. The Bertz CT molecular complexity index is 715. The molecule has 1 aromatic heterocycles. The maximum absolute atomic E-state index is 13.5. The van der Waals surface area contributed by atoms with Crippen LogP contribution in [0.3, 0.4) is 0 Å². The molecule has 0 aliphatic heterocycles. The van der Waals surface area contributed by atoms with Gasteiger partial charge in [-0.3, -0.25) is 4.79 Å². The van der Waals surface area contributed by atoms with Crippen LogP contribution in [0.1, 0.15) is 28.5 Å². The molecule has 0 aliphatic rings. The molecule has 0 aliphatic carbocycles. The molecule has 2 aromatic rings. The lowest BCUT2D eigenvalue weighted by atomic mass is 10.1. The zero-order valence-corrected chi connectivity index (χ0v) is 13.9. The molecule has 1 aromatic carbocycles. The third-order valence-corrected chi connectivity index (χ3v) is 3.36. The van der Waals surface area contributed by atoms with Gasteiger partial charge in [0.15, 0.2) is 5.69 Å². The summed E-state index contributed by atoms with van der Waals surface area (Å²) in [6.45, 7) is 3.41. The molecule has 5 nitrogen and oxygen atoms in total. The largest absolute Gasteiger partial charge is 0.434 e. The van der Waals surface area contributed by atoms with E-state index in [9.17, 15) is 18.0 Å². The van der Waals surface area contributed by atoms with Crippen molar-refractivity contribution >= 4 is 18.3 Å². The first-order valence-electron chi connectivity index (χ1n) is 6.98. The molecule has 132 valence electrons. The molecule has 0 spiro atoms. The zero-order valence-electron chi connectivity index (χ0n) is 13.1. The van der Waals surface area contributed by atoms with Crippen molar-refractivity contribution in [1.82, 2.24) is 15.1 Å². The van der Waals surface area contributed by atoms with Crippen molar-refractivity contribution in [2.24, 2.45) is 5.73 Å². The lowest BCUT2D eigenvalue weighted by Gasteiger charge is -2.15. The van der Waals surface area contributed by atoms with Gasteiger partial charge in [0.05, 0.1) is 17.4 Å². The highest BCUT2D eigenvalue weighted by molar-refractivity contribution is 5.95. The Morgan fingerprint density at radius 3 is 2.54 bits per heavy atom. The van der Waals surface area contributed by atoms with Gasteiger partial charge in [0.1, 0.15) is 0 Å². The van der Waals surface area contributed by atoms with E-state index in [0.717, 1.165) is 10.9 Å². The van der Waals surface area contributed by atoms with E-state index in [-0.39, 0.29) is 24.6 Å². The van der Waals surface area contributed by atoms with Crippen molar-refractivity contribution in [3.05, 3.63) is 47.3 Å². The molecular formula is C15H18ClF3N4O. The molecule has 9 heteroatoms. The molecule has 0 unspecified atom stereocenters. The number of nitrogens with zero attached hydrogens (tertiary/aromatic N) is 2. The first-order chi connectivity index (χ1) is 10.8. The highest BCUT2D eigenvalue weighted by Crippen LogP contribution is 2.34. The number of aryl methyl sites for hydroxylation is 1. The monoisotopic (exact) mass is 362 g/mol. The summed E-state index contributed by atoms with van der Waals surface area (Å²) in [5.41, 5.74) is 4.63. The smallest absolute Gasteiger partial charge is 0.348 e. The van der Waals surface area contributed by atoms with Gasteiger partial charge in [-0.05, 0) is 25.5 Å². The Labute approximate surface area is 143 Å². The van der Waals surface area contributed by atoms with Crippen LogP contribution in [0.2, 0.25) is 0 Å². The second-order valence-electron chi connectivity index (χ2n) is 5.21. The van der Waals surface area contributed by atoms with Crippen molar-refractivity contribution in [2.75, 3.05) is 6.54 Å². The molecule has 0 saturated heterocycles. The van der Waals surface area contributed by atoms with Gasteiger partial charge in [-0.15, -0.1) is 12.4 Å². The number of hydrogen-bond acceptors (Lipinski definition) is 3. The van der Waals surface area contributed by atoms with E-state index in [0.29, 0.717) is 5.56 Å².